The lowest BCUT2D eigenvalue weighted by molar-refractivity contribution is -0.107. The monoisotopic (exact) mass is 212 g/mol. The van der Waals surface area contributed by atoms with E-state index in [1.807, 2.05) is 0 Å². The Morgan fingerprint density at radius 1 is 1.43 bits per heavy atom. The first-order valence-corrected chi connectivity index (χ1v) is 4.35. The van der Waals surface area contributed by atoms with Crippen LogP contribution in [0.3, 0.4) is 0 Å². The molecule has 14 heavy (non-hydrogen) atoms. The fourth-order valence-corrected chi connectivity index (χ4v) is 1.05. The molecular formula is C9H9ClN2O2. The number of aldehydes is 1. The van der Waals surface area contributed by atoms with Crippen LogP contribution in [0.1, 0.15) is 0 Å². The highest BCUT2D eigenvalue weighted by Gasteiger charge is 2.02. The van der Waals surface area contributed by atoms with Gasteiger partial charge in [0, 0.05) is 0 Å². The summed E-state index contributed by atoms with van der Waals surface area (Å²) < 4.78 is 0. The Balaban J connectivity index is 2.56. The van der Waals surface area contributed by atoms with Crippen LogP contribution in [0.5, 0.6) is 0 Å². The molecule has 4 nitrogen and oxygen atoms in total. The Hall–Kier alpha value is -1.55. The van der Waals surface area contributed by atoms with Gasteiger partial charge in [-0.2, -0.15) is 0 Å². The van der Waals surface area contributed by atoms with Crippen LogP contribution in [0.4, 0.5) is 10.5 Å². The van der Waals surface area contributed by atoms with Crippen molar-refractivity contribution in [2.24, 2.45) is 0 Å². The lowest BCUT2D eigenvalue weighted by Crippen LogP contribution is -2.30. The Morgan fingerprint density at radius 3 is 2.79 bits per heavy atom. The number of hydrogen-bond donors (Lipinski definition) is 2. The molecule has 2 amide bonds. The normalized spacial score (nSPS) is 9.21. The van der Waals surface area contributed by atoms with Crippen LogP contribution >= 0.6 is 11.6 Å². The highest BCUT2D eigenvalue weighted by atomic mass is 35.5. The summed E-state index contributed by atoms with van der Waals surface area (Å²) in [7, 11) is 0. The zero-order valence-electron chi connectivity index (χ0n) is 7.29. The minimum Gasteiger partial charge on any atom is -0.331 e. The maximum atomic E-state index is 11.1. The molecule has 1 aromatic carbocycles. The molecule has 0 spiro atoms. The van der Waals surface area contributed by atoms with Gasteiger partial charge in [-0.1, -0.05) is 23.7 Å². The quantitative estimate of drug-likeness (QED) is 0.749. The number of urea groups is 1. The molecule has 5 heteroatoms. The van der Waals surface area contributed by atoms with Gasteiger partial charge in [0.2, 0.25) is 0 Å². The molecule has 0 aromatic heterocycles. The van der Waals surface area contributed by atoms with Gasteiger partial charge in [0.1, 0.15) is 6.29 Å². The summed E-state index contributed by atoms with van der Waals surface area (Å²) in [5.74, 6) is 0. The molecule has 0 heterocycles. The van der Waals surface area contributed by atoms with Crippen molar-refractivity contribution < 1.29 is 9.59 Å². The van der Waals surface area contributed by atoms with Crippen LogP contribution in [-0.4, -0.2) is 18.9 Å². The number of para-hydroxylation sites is 1. The molecule has 0 aliphatic heterocycles. The standard InChI is InChI=1S/C9H9ClN2O2/c10-7-3-1-2-4-8(7)12-9(14)11-5-6-13/h1-4,6H,5H2,(H2,11,12,14). The van der Waals surface area contributed by atoms with Crippen molar-refractivity contribution in [1.82, 2.24) is 5.32 Å². The molecule has 0 atom stereocenters. The summed E-state index contributed by atoms with van der Waals surface area (Å²) in [6.45, 7) is -0.0176. The molecule has 0 radical (unpaired) electrons. The first-order chi connectivity index (χ1) is 6.74. The number of halogens is 1. The van der Waals surface area contributed by atoms with Crippen molar-refractivity contribution in [2.45, 2.75) is 0 Å². The summed E-state index contributed by atoms with van der Waals surface area (Å²) in [4.78, 5) is 21.0. The molecule has 0 bridgehead atoms. The van der Waals surface area contributed by atoms with E-state index in [4.69, 9.17) is 11.6 Å². The molecule has 0 saturated heterocycles. The van der Waals surface area contributed by atoms with Crippen molar-refractivity contribution >= 4 is 29.6 Å². The van der Waals surface area contributed by atoms with Crippen molar-refractivity contribution in [1.29, 1.82) is 0 Å². The zero-order chi connectivity index (χ0) is 10.4. The second-order valence-electron chi connectivity index (χ2n) is 2.48. The molecule has 0 fully saturated rings. The smallest absolute Gasteiger partial charge is 0.319 e. The van der Waals surface area contributed by atoms with E-state index >= 15 is 0 Å². The minimum absolute atomic E-state index is 0.0176. The third kappa shape index (κ3) is 3.06. The van der Waals surface area contributed by atoms with Crippen LogP contribution < -0.4 is 10.6 Å². The first-order valence-electron chi connectivity index (χ1n) is 3.97. The summed E-state index contributed by atoms with van der Waals surface area (Å²) in [6, 6.07) is 6.39. The van der Waals surface area contributed by atoms with E-state index in [-0.39, 0.29) is 6.54 Å². The maximum absolute atomic E-state index is 11.1. The highest BCUT2D eigenvalue weighted by Crippen LogP contribution is 2.19. The molecule has 0 saturated carbocycles. The zero-order valence-corrected chi connectivity index (χ0v) is 8.04. The van der Waals surface area contributed by atoms with Crippen LogP contribution in [-0.2, 0) is 4.79 Å². The summed E-state index contributed by atoms with van der Waals surface area (Å²) in [6.07, 6.45) is 0.603. The number of hydrogen-bond acceptors (Lipinski definition) is 2. The topological polar surface area (TPSA) is 58.2 Å². The number of benzene rings is 1. The van der Waals surface area contributed by atoms with Gasteiger partial charge in [-0.3, -0.25) is 0 Å². The van der Waals surface area contributed by atoms with Crippen molar-refractivity contribution in [3.8, 4) is 0 Å². The second-order valence-corrected chi connectivity index (χ2v) is 2.89. The van der Waals surface area contributed by atoms with E-state index in [9.17, 15) is 9.59 Å². The second kappa shape index (κ2) is 5.24. The lowest BCUT2D eigenvalue weighted by atomic mass is 10.3. The van der Waals surface area contributed by atoms with Gasteiger partial charge in [0.05, 0.1) is 17.3 Å². The van der Waals surface area contributed by atoms with E-state index < -0.39 is 6.03 Å². The predicted molar refractivity (Wildman–Crippen MR) is 54.5 cm³/mol. The maximum Gasteiger partial charge on any atom is 0.319 e. The number of nitrogens with one attached hydrogen (secondary N) is 2. The Labute approximate surface area is 86.3 Å². The Kier molecular flexibility index (Phi) is 3.94. The van der Waals surface area contributed by atoms with Crippen LogP contribution in [0, 0.1) is 0 Å². The molecule has 0 unspecified atom stereocenters. The molecular weight excluding hydrogens is 204 g/mol. The summed E-state index contributed by atoms with van der Waals surface area (Å²) in [5, 5.41) is 5.29. The highest BCUT2D eigenvalue weighted by molar-refractivity contribution is 6.33. The van der Waals surface area contributed by atoms with Crippen molar-refractivity contribution in [3.05, 3.63) is 29.3 Å². The van der Waals surface area contributed by atoms with Gasteiger partial charge in [0.15, 0.2) is 0 Å². The van der Waals surface area contributed by atoms with Crippen LogP contribution in [0.25, 0.3) is 0 Å². The van der Waals surface area contributed by atoms with Gasteiger partial charge >= 0.3 is 6.03 Å². The van der Waals surface area contributed by atoms with Gasteiger partial charge in [-0.05, 0) is 12.1 Å². The Morgan fingerprint density at radius 2 is 2.14 bits per heavy atom. The average Bonchev–Trinajstić information content (AvgIpc) is 2.18. The minimum atomic E-state index is -0.454. The summed E-state index contributed by atoms with van der Waals surface area (Å²) >= 11 is 5.79. The summed E-state index contributed by atoms with van der Waals surface area (Å²) in [5.41, 5.74) is 0.512. The van der Waals surface area contributed by atoms with E-state index in [0.717, 1.165) is 0 Å². The third-order valence-electron chi connectivity index (χ3n) is 1.47. The van der Waals surface area contributed by atoms with E-state index in [1.54, 1.807) is 24.3 Å². The van der Waals surface area contributed by atoms with Gasteiger partial charge in [-0.25, -0.2) is 4.79 Å². The number of carbonyl (C=O) groups is 2. The SMILES string of the molecule is O=CCNC(=O)Nc1ccccc1Cl. The van der Waals surface area contributed by atoms with E-state index in [1.165, 1.54) is 0 Å². The molecule has 0 aliphatic rings. The first kappa shape index (κ1) is 10.5. The fourth-order valence-electron chi connectivity index (χ4n) is 0.863. The van der Waals surface area contributed by atoms with Crippen molar-refractivity contribution in [2.75, 3.05) is 11.9 Å². The number of rotatable bonds is 3. The third-order valence-corrected chi connectivity index (χ3v) is 1.80. The van der Waals surface area contributed by atoms with Crippen LogP contribution in [0.15, 0.2) is 24.3 Å². The number of carbonyl (C=O) groups excluding carboxylic acids is 2. The predicted octanol–water partition coefficient (Wildman–Crippen LogP) is 1.66. The van der Waals surface area contributed by atoms with E-state index in [2.05, 4.69) is 10.6 Å². The number of amides is 2. The molecule has 2 N–H and O–H groups in total. The fraction of sp³-hybridized carbons (Fsp3) is 0.111. The van der Waals surface area contributed by atoms with Crippen molar-refractivity contribution in [3.63, 3.8) is 0 Å². The van der Waals surface area contributed by atoms with Crippen LogP contribution in [0.2, 0.25) is 5.02 Å². The molecule has 74 valence electrons. The Bertz CT molecular complexity index is 341. The van der Waals surface area contributed by atoms with Gasteiger partial charge in [0.25, 0.3) is 0 Å². The van der Waals surface area contributed by atoms with E-state index in [0.29, 0.717) is 17.0 Å². The lowest BCUT2D eigenvalue weighted by Gasteiger charge is -2.06. The molecule has 1 rings (SSSR count). The molecule has 1 aromatic rings. The van der Waals surface area contributed by atoms with Gasteiger partial charge in [-0.15, -0.1) is 0 Å². The molecule has 0 aliphatic carbocycles. The largest absolute Gasteiger partial charge is 0.331 e. The van der Waals surface area contributed by atoms with Gasteiger partial charge < -0.3 is 15.4 Å². The number of anilines is 1. The average molecular weight is 213 g/mol.